The van der Waals surface area contributed by atoms with Crippen LogP contribution in [0.15, 0.2) is 0 Å². The number of rotatable bonds is 4. The van der Waals surface area contributed by atoms with Crippen molar-refractivity contribution < 1.29 is 4.74 Å². The molecular formula is C15H28O. The molecule has 2 rings (SSSR count). The van der Waals surface area contributed by atoms with Gasteiger partial charge in [0.25, 0.3) is 0 Å². The summed E-state index contributed by atoms with van der Waals surface area (Å²) in [4.78, 5) is 0. The highest BCUT2D eigenvalue weighted by atomic mass is 16.5. The van der Waals surface area contributed by atoms with Crippen LogP contribution in [0.1, 0.15) is 65.2 Å². The fourth-order valence-electron chi connectivity index (χ4n) is 3.84. The Morgan fingerprint density at radius 1 is 1.00 bits per heavy atom. The molecular weight excluding hydrogens is 196 g/mol. The number of fused-ring (bicyclic) bond motifs is 1. The third-order valence-electron chi connectivity index (χ3n) is 4.79. The Morgan fingerprint density at radius 2 is 1.69 bits per heavy atom. The normalized spacial score (nSPS) is 39.4. The molecule has 0 aliphatic heterocycles. The highest BCUT2D eigenvalue weighted by Crippen LogP contribution is 2.44. The second kappa shape index (κ2) is 6.05. The van der Waals surface area contributed by atoms with Crippen LogP contribution in [0, 0.1) is 17.8 Å². The van der Waals surface area contributed by atoms with Gasteiger partial charge in [-0.2, -0.15) is 0 Å². The van der Waals surface area contributed by atoms with Gasteiger partial charge in [0, 0.05) is 6.61 Å². The van der Waals surface area contributed by atoms with E-state index < -0.39 is 0 Å². The lowest BCUT2D eigenvalue weighted by Crippen LogP contribution is -2.38. The zero-order chi connectivity index (χ0) is 11.4. The minimum absolute atomic E-state index is 0.587. The first-order valence-corrected chi connectivity index (χ1v) is 7.46. The van der Waals surface area contributed by atoms with Crippen LogP contribution in [0.5, 0.6) is 0 Å². The standard InChI is InChI=1S/C15H28O/c1-3-9-16-15-11-14-8-6-5-7-13(14)10-12(15)4-2/h12-15H,3-11H2,1-2H3. The van der Waals surface area contributed by atoms with Crippen molar-refractivity contribution in [2.75, 3.05) is 6.61 Å². The minimum Gasteiger partial charge on any atom is -0.378 e. The first-order chi connectivity index (χ1) is 7.85. The molecule has 0 radical (unpaired) electrons. The second-order valence-corrected chi connectivity index (χ2v) is 5.85. The molecule has 16 heavy (non-hydrogen) atoms. The molecule has 0 N–H and O–H groups in total. The molecule has 4 unspecified atom stereocenters. The SMILES string of the molecule is CCCOC1CC2CCCCC2CC1CC. The monoisotopic (exact) mass is 224 g/mol. The Hall–Kier alpha value is -0.0400. The van der Waals surface area contributed by atoms with Gasteiger partial charge in [0.05, 0.1) is 6.10 Å². The second-order valence-electron chi connectivity index (χ2n) is 5.85. The van der Waals surface area contributed by atoms with E-state index in [4.69, 9.17) is 4.74 Å². The van der Waals surface area contributed by atoms with E-state index in [0.717, 1.165) is 24.4 Å². The van der Waals surface area contributed by atoms with E-state index in [2.05, 4.69) is 13.8 Å². The molecule has 2 saturated carbocycles. The first-order valence-electron chi connectivity index (χ1n) is 7.46. The van der Waals surface area contributed by atoms with Crippen molar-refractivity contribution in [2.45, 2.75) is 71.3 Å². The third-order valence-corrected chi connectivity index (χ3v) is 4.79. The van der Waals surface area contributed by atoms with Crippen LogP contribution in [0.2, 0.25) is 0 Å². The van der Waals surface area contributed by atoms with Crippen LogP contribution < -0.4 is 0 Å². The summed E-state index contributed by atoms with van der Waals surface area (Å²) in [5.41, 5.74) is 0. The molecule has 4 atom stereocenters. The summed E-state index contributed by atoms with van der Waals surface area (Å²) in [6, 6.07) is 0. The highest BCUT2D eigenvalue weighted by molar-refractivity contribution is 4.88. The Kier molecular flexibility index (Phi) is 4.69. The Bertz CT molecular complexity index is 202. The molecule has 0 spiro atoms. The van der Waals surface area contributed by atoms with E-state index in [1.54, 1.807) is 0 Å². The van der Waals surface area contributed by atoms with Crippen molar-refractivity contribution >= 4 is 0 Å². The molecule has 0 heterocycles. The van der Waals surface area contributed by atoms with Gasteiger partial charge in [-0.25, -0.2) is 0 Å². The fourth-order valence-corrected chi connectivity index (χ4v) is 3.84. The van der Waals surface area contributed by atoms with Crippen molar-refractivity contribution in [3.05, 3.63) is 0 Å². The topological polar surface area (TPSA) is 9.23 Å². The summed E-state index contributed by atoms with van der Waals surface area (Å²) in [5, 5.41) is 0. The van der Waals surface area contributed by atoms with E-state index in [0.29, 0.717) is 6.10 Å². The molecule has 2 fully saturated rings. The largest absolute Gasteiger partial charge is 0.378 e. The van der Waals surface area contributed by atoms with Gasteiger partial charge in [-0.3, -0.25) is 0 Å². The van der Waals surface area contributed by atoms with E-state index in [9.17, 15) is 0 Å². The van der Waals surface area contributed by atoms with Gasteiger partial charge in [-0.1, -0.05) is 46.0 Å². The molecule has 2 aliphatic rings. The summed E-state index contributed by atoms with van der Waals surface area (Å²) >= 11 is 0. The quantitative estimate of drug-likeness (QED) is 0.687. The molecule has 0 aromatic carbocycles. The van der Waals surface area contributed by atoms with E-state index in [1.165, 1.54) is 51.4 Å². The predicted molar refractivity (Wildman–Crippen MR) is 68.5 cm³/mol. The van der Waals surface area contributed by atoms with Crippen LogP contribution in [0.25, 0.3) is 0 Å². The van der Waals surface area contributed by atoms with Crippen LogP contribution in [0.4, 0.5) is 0 Å². The van der Waals surface area contributed by atoms with Gasteiger partial charge in [-0.15, -0.1) is 0 Å². The maximum atomic E-state index is 6.08. The van der Waals surface area contributed by atoms with Crippen molar-refractivity contribution in [3.8, 4) is 0 Å². The van der Waals surface area contributed by atoms with E-state index in [-0.39, 0.29) is 0 Å². The van der Waals surface area contributed by atoms with Crippen LogP contribution in [0.3, 0.4) is 0 Å². The van der Waals surface area contributed by atoms with Crippen molar-refractivity contribution in [3.63, 3.8) is 0 Å². The van der Waals surface area contributed by atoms with Gasteiger partial charge in [0.1, 0.15) is 0 Å². The summed E-state index contributed by atoms with van der Waals surface area (Å²) in [6.45, 7) is 5.53. The molecule has 1 heteroatoms. The molecule has 0 amide bonds. The predicted octanol–water partition coefficient (Wildman–Crippen LogP) is 4.41. The summed E-state index contributed by atoms with van der Waals surface area (Å²) < 4.78 is 6.08. The number of ether oxygens (including phenoxy) is 1. The fraction of sp³-hybridized carbons (Fsp3) is 1.00. The molecule has 0 aromatic heterocycles. The molecule has 0 saturated heterocycles. The van der Waals surface area contributed by atoms with E-state index in [1.807, 2.05) is 0 Å². The van der Waals surface area contributed by atoms with E-state index >= 15 is 0 Å². The number of hydrogen-bond acceptors (Lipinski definition) is 1. The summed E-state index contributed by atoms with van der Waals surface area (Å²) in [7, 11) is 0. The van der Waals surface area contributed by atoms with Crippen molar-refractivity contribution in [1.29, 1.82) is 0 Å². The average molecular weight is 224 g/mol. The van der Waals surface area contributed by atoms with Crippen molar-refractivity contribution in [2.24, 2.45) is 17.8 Å². The maximum absolute atomic E-state index is 6.08. The van der Waals surface area contributed by atoms with Gasteiger partial charge in [-0.05, 0) is 37.0 Å². The number of hydrogen-bond donors (Lipinski definition) is 0. The molecule has 94 valence electrons. The molecule has 0 aromatic rings. The molecule has 0 bridgehead atoms. The van der Waals surface area contributed by atoms with Gasteiger partial charge >= 0.3 is 0 Å². The van der Waals surface area contributed by atoms with Gasteiger partial charge < -0.3 is 4.74 Å². The zero-order valence-corrected chi connectivity index (χ0v) is 11.1. The van der Waals surface area contributed by atoms with Gasteiger partial charge in [0.2, 0.25) is 0 Å². The maximum Gasteiger partial charge on any atom is 0.0606 e. The lowest BCUT2D eigenvalue weighted by molar-refractivity contribution is -0.0529. The van der Waals surface area contributed by atoms with Crippen LogP contribution >= 0.6 is 0 Å². The molecule has 2 aliphatic carbocycles. The Balaban J connectivity index is 1.91. The lowest BCUT2D eigenvalue weighted by atomic mass is 9.66. The van der Waals surface area contributed by atoms with Crippen LogP contribution in [-0.2, 0) is 4.74 Å². The summed E-state index contributed by atoms with van der Waals surface area (Å²) in [5.74, 6) is 2.89. The van der Waals surface area contributed by atoms with Crippen molar-refractivity contribution in [1.82, 2.24) is 0 Å². The van der Waals surface area contributed by atoms with Crippen LogP contribution in [-0.4, -0.2) is 12.7 Å². The zero-order valence-electron chi connectivity index (χ0n) is 11.1. The Labute approximate surface area is 101 Å². The minimum atomic E-state index is 0.587. The lowest BCUT2D eigenvalue weighted by Gasteiger charge is -2.43. The summed E-state index contributed by atoms with van der Waals surface area (Å²) in [6.07, 6.45) is 11.8. The molecule has 1 nitrogen and oxygen atoms in total. The first kappa shape index (κ1) is 12.4. The smallest absolute Gasteiger partial charge is 0.0606 e. The average Bonchev–Trinajstić information content (AvgIpc) is 2.35. The third kappa shape index (κ3) is 2.80. The van der Waals surface area contributed by atoms with Gasteiger partial charge in [0.15, 0.2) is 0 Å². The Morgan fingerprint density at radius 3 is 2.31 bits per heavy atom. The highest BCUT2D eigenvalue weighted by Gasteiger charge is 2.37.